The molecule has 1 saturated heterocycles. The Labute approximate surface area is 95.1 Å². The second-order valence-electron chi connectivity index (χ2n) is 3.91. The first kappa shape index (κ1) is 12.4. The van der Waals surface area contributed by atoms with Gasteiger partial charge < -0.3 is 10.0 Å². The van der Waals surface area contributed by atoms with Crippen LogP contribution in [0.2, 0.25) is 0 Å². The molecule has 1 N–H and O–H groups in total. The number of carboxylic acid groups (broad SMARTS) is 1. The average Bonchev–Trinajstić information content (AvgIpc) is 2.17. The van der Waals surface area contributed by atoms with Crippen LogP contribution in [-0.4, -0.2) is 39.7 Å². The number of hydrogen-bond donors (Lipinski definition) is 2. The Morgan fingerprint density at radius 1 is 1.47 bits per heavy atom. The molecule has 0 spiro atoms. The Hall–Kier alpha value is -0.710. The number of carbonyl (C=O) groups is 2. The summed E-state index contributed by atoms with van der Waals surface area (Å²) in [6, 6.07) is -0.603. The number of carbonyl (C=O) groups excluding carboxylic acids is 1. The molecule has 0 aromatic heterocycles. The first-order valence-electron chi connectivity index (χ1n) is 5.22. The molecule has 1 aliphatic heterocycles. The molecule has 5 heteroatoms. The van der Waals surface area contributed by atoms with Gasteiger partial charge in [0.1, 0.15) is 6.04 Å². The summed E-state index contributed by atoms with van der Waals surface area (Å²) in [5.74, 6) is -0.521. The maximum atomic E-state index is 11.7. The smallest absolute Gasteiger partial charge is 0.326 e. The van der Waals surface area contributed by atoms with Gasteiger partial charge in [-0.05, 0) is 31.9 Å². The Balaban J connectivity index is 2.76. The lowest BCUT2D eigenvalue weighted by Gasteiger charge is -2.38. The summed E-state index contributed by atoms with van der Waals surface area (Å²) in [4.78, 5) is 24.3. The van der Waals surface area contributed by atoms with Gasteiger partial charge in [0.15, 0.2) is 0 Å². The van der Waals surface area contributed by atoms with E-state index in [1.54, 1.807) is 0 Å². The molecule has 4 nitrogen and oxygen atoms in total. The SMILES string of the molecule is C[C@H]1CCC[C@H](C(=O)O)N1C(=O)CCS. The second kappa shape index (κ2) is 5.39. The molecule has 1 heterocycles. The number of aliphatic carboxylic acids is 1. The number of thiol groups is 1. The van der Waals surface area contributed by atoms with E-state index < -0.39 is 12.0 Å². The lowest BCUT2D eigenvalue weighted by molar-refractivity contribution is -0.154. The van der Waals surface area contributed by atoms with E-state index in [1.807, 2.05) is 6.92 Å². The van der Waals surface area contributed by atoms with Gasteiger partial charge in [-0.25, -0.2) is 4.79 Å². The summed E-state index contributed by atoms with van der Waals surface area (Å²) in [5.41, 5.74) is 0. The van der Waals surface area contributed by atoms with Crippen molar-refractivity contribution in [3.05, 3.63) is 0 Å². The molecule has 0 saturated carbocycles. The van der Waals surface area contributed by atoms with Crippen molar-refractivity contribution < 1.29 is 14.7 Å². The zero-order valence-electron chi connectivity index (χ0n) is 8.85. The maximum Gasteiger partial charge on any atom is 0.326 e. The predicted molar refractivity (Wildman–Crippen MR) is 60.1 cm³/mol. The summed E-state index contributed by atoms with van der Waals surface area (Å²) >= 11 is 4.00. The van der Waals surface area contributed by atoms with Crippen LogP contribution in [0.3, 0.4) is 0 Å². The minimum atomic E-state index is -0.894. The van der Waals surface area contributed by atoms with Gasteiger partial charge in [0.05, 0.1) is 0 Å². The Morgan fingerprint density at radius 2 is 2.13 bits per heavy atom. The molecule has 0 aromatic carbocycles. The average molecular weight is 231 g/mol. The lowest BCUT2D eigenvalue weighted by atomic mass is 9.96. The first-order valence-corrected chi connectivity index (χ1v) is 5.86. The fraction of sp³-hybridized carbons (Fsp3) is 0.800. The largest absolute Gasteiger partial charge is 0.480 e. The van der Waals surface area contributed by atoms with Crippen molar-refractivity contribution in [1.29, 1.82) is 0 Å². The van der Waals surface area contributed by atoms with Crippen LogP contribution in [0, 0.1) is 0 Å². The van der Waals surface area contributed by atoms with Crippen LogP contribution in [0.15, 0.2) is 0 Å². The van der Waals surface area contributed by atoms with Crippen LogP contribution in [0.1, 0.15) is 32.6 Å². The molecule has 1 aliphatic rings. The van der Waals surface area contributed by atoms with Crippen LogP contribution in [0.4, 0.5) is 0 Å². The molecule has 1 amide bonds. The molecule has 1 fully saturated rings. The molecule has 86 valence electrons. The number of carboxylic acids is 1. The number of nitrogens with zero attached hydrogens (tertiary/aromatic N) is 1. The highest BCUT2D eigenvalue weighted by Crippen LogP contribution is 2.23. The van der Waals surface area contributed by atoms with Gasteiger partial charge in [-0.2, -0.15) is 12.6 Å². The van der Waals surface area contributed by atoms with Crippen molar-refractivity contribution in [3.63, 3.8) is 0 Å². The van der Waals surface area contributed by atoms with E-state index >= 15 is 0 Å². The van der Waals surface area contributed by atoms with Crippen LogP contribution in [0.25, 0.3) is 0 Å². The number of hydrogen-bond acceptors (Lipinski definition) is 3. The first-order chi connectivity index (χ1) is 7.07. The molecule has 1 rings (SSSR count). The number of rotatable bonds is 3. The molecular formula is C10H17NO3S. The second-order valence-corrected chi connectivity index (χ2v) is 4.36. The normalized spacial score (nSPS) is 26.4. The zero-order chi connectivity index (χ0) is 11.4. The Bertz CT molecular complexity index is 257. The van der Waals surface area contributed by atoms with Gasteiger partial charge in [0.2, 0.25) is 5.91 Å². The fourth-order valence-electron chi connectivity index (χ4n) is 2.08. The van der Waals surface area contributed by atoms with Crippen molar-refractivity contribution >= 4 is 24.5 Å². The highest BCUT2D eigenvalue weighted by atomic mass is 32.1. The highest BCUT2D eigenvalue weighted by Gasteiger charge is 2.35. The Morgan fingerprint density at radius 3 is 2.67 bits per heavy atom. The maximum absolute atomic E-state index is 11.7. The van der Waals surface area contributed by atoms with Gasteiger partial charge in [-0.15, -0.1) is 0 Å². The summed E-state index contributed by atoms with van der Waals surface area (Å²) in [7, 11) is 0. The standard InChI is InChI=1S/C10H17NO3S/c1-7-3-2-4-8(10(13)14)11(7)9(12)5-6-15/h7-8,15H,2-6H2,1H3,(H,13,14)/t7-,8+/m0/s1. The van der Waals surface area contributed by atoms with E-state index in [9.17, 15) is 9.59 Å². The van der Waals surface area contributed by atoms with Crippen molar-refractivity contribution in [2.45, 2.75) is 44.7 Å². The van der Waals surface area contributed by atoms with Crippen molar-refractivity contribution in [2.24, 2.45) is 0 Å². The number of piperidine rings is 1. The van der Waals surface area contributed by atoms with E-state index in [1.165, 1.54) is 4.90 Å². The Kier molecular flexibility index (Phi) is 4.45. The minimum Gasteiger partial charge on any atom is -0.480 e. The zero-order valence-corrected chi connectivity index (χ0v) is 9.74. The van der Waals surface area contributed by atoms with Gasteiger partial charge >= 0.3 is 5.97 Å². The third-order valence-corrected chi connectivity index (χ3v) is 3.03. The van der Waals surface area contributed by atoms with E-state index in [2.05, 4.69) is 12.6 Å². The fourth-order valence-corrected chi connectivity index (χ4v) is 2.27. The molecular weight excluding hydrogens is 214 g/mol. The van der Waals surface area contributed by atoms with E-state index in [-0.39, 0.29) is 11.9 Å². The summed E-state index contributed by atoms with van der Waals surface area (Å²) in [5, 5.41) is 9.03. The third kappa shape index (κ3) is 2.87. The lowest BCUT2D eigenvalue weighted by Crippen LogP contribution is -2.52. The van der Waals surface area contributed by atoms with Crippen molar-refractivity contribution in [3.8, 4) is 0 Å². The summed E-state index contributed by atoms with van der Waals surface area (Å²) in [6.45, 7) is 1.91. The molecule has 15 heavy (non-hydrogen) atoms. The van der Waals surface area contributed by atoms with E-state index in [0.717, 1.165) is 12.8 Å². The van der Waals surface area contributed by atoms with Crippen molar-refractivity contribution in [1.82, 2.24) is 4.90 Å². The molecule has 0 aliphatic carbocycles. The van der Waals surface area contributed by atoms with Gasteiger partial charge in [-0.3, -0.25) is 4.79 Å². The third-order valence-electron chi connectivity index (χ3n) is 2.81. The van der Waals surface area contributed by atoms with Gasteiger partial charge in [0, 0.05) is 12.5 Å². The highest BCUT2D eigenvalue weighted by molar-refractivity contribution is 7.80. The molecule has 2 atom stereocenters. The monoisotopic (exact) mass is 231 g/mol. The summed E-state index contributed by atoms with van der Waals surface area (Å²) < 4.78 is 0. The minimum absolute atomic E-state index is 0.0345. The predicted octanol–water partition coefficient (Wildman–Crippen LogP) is 1.16. The molecule has 0 aromatic rings. The van der Waals surface area contributed by atoms with Crippen LogP contribution < -0.4 is 0 Å². The molecule has 0 unspecified atom stereocenters. The van der Waals surface area contributed by atoms with E-state index in [4.69, 9.17) is 5.11 Å². The van der Waals surface area contributed by atoms with Crippen molar-refractivity contribution in [2.75, 3.05) is 5.75 Å². The van der Waals surface area contributed by atoms with E-state index in [0.29, 0.717) is 18.6 Å². The van der Waals surface area contributed by atoms with Gasteiger partial charge in [0.25, 0.3) is 0 Å². The number of amides is 1. The van der Waals surface area contributed by atoms with Crippen LogP contribution in [-0.2, 0) is 9.59 Å². The van der Waals surface area contributed by atoms with Crippen LogP contribution >= 0.6 is 12.6 Å². The summed E-state index contributed by atoms with van der Waals surface area (Å²) in [6.07, 6.45) is 2.65. The van der Waals surface area contributed by atoms with Gasteiger partial charge in [-0.1, -0.05) is 0 Å². The van der Waals surface area contributed by atoms with Crippen LogP contribution in [0.5, 0.6) is 0 Å². The molecule has 0 radical (unpaired) electrons. The quantitative estimate of drug-likeness (QED) is 0.717. The topological polar surface area (TPSA) is 57.6 Å². The molecule has 0 bridgehead atoms. The number of likely N-dealkylation sites (tertiary alicyclic amines) is 1.